The third-order valence-electron chi connectivity index (χ3n) is 5.33. The van der Waals surface area contributed by atoms with Crippen molar-refractivity contribution in [1.82, 2.24) is 9.88 Å². The summed E-state index contributed by atoms with van der Waals surface area (Å²) in [5, 5.41) is 16.1. The van der Waals surface area contributed by atoms with Gasteiger partial charge >= 0.3 is 0 Å². The Balaban J connectivity index is 1.64. The van der Waals surface area contributed by atoms with Crippen LogP contribution in [0.2, 0.25) is 0 Å². The Morgan fingerprint density at radius 2 is 1.87 bits per heavy atom. The first kappa shape index (κ1) is 21.6. The SMILES string of the molecule is CCCN(CCC)CCO/N=C1/C(c2c(O)[nH]c3ccc(Br)cc23)=Nc2ccccc21. The molecule has 0 atom stereocenters. The van der Waals surface area contributed by atoms with Crippen molar-refractivity contribution in [1.29, 1.82) is 0 Å². The molecule has 1 aliphatic heterocycles. The number of oxime groups is 1. The fraction of sp³-hybridized carbons (Fsp3) is 0.333. The molecular formula is C24H27BrN4O2. The number of rotatable bonds is 9. The smallest absolute Gasteiger partial charge is 0.199 e. The second-order valence-corrected chi connectivity index (χ2v) is 8.55. The maximum Gasteiger partial charge on any atom is 0.199 e. The van der Waals surface area contributed by atoms with Crippen LogP contribution in [-0.2, 0) is 4.84 Å². The molecule has 162 valence electrons. The fourth-order valence-electron chi connectivity index (χ4n) is 3.98. The molecule has 2 heterocycles. The molecule has 0 saturated carbocycles. The van der Waals surface area contributed by atoms with Crippen LogP contribution < -0.4 is 0 Å². The van der Waals surface area contributed by atoms with Crippen molar-refractivity contribution in [2.45, 2.75) is 26.7 Å². The molecule has 6 nitrogen and oxygen atoms in total. The van der Waals surface area contributed by atoms with Gasteiger partial charge in [0.25, 0.3) is 0 Å². The maximum atomic E-state index is 10.7. The first-order valence-corrected chi connectivity index (χ1v) is 11.5. The molecule has 2 N–H and O–H groups in total. The summed E-state index contributed by atoms with van der Waals surface area (Å²) in [6.45, 7) is 7.83. The quantitative estimate of drug-likeness (QED) is 0.307. The summed E-state index contributed by atoms with van der Waals surface area (Å²) in [5.41, 5.74) is 4.45. The molecule has 7 heteroatoms. The number of hydrogen-bond donors (Lipinski definition) is 2. The Kier molecular flexibility index (Phi) is 6.73. The number of aliphatic imine (C=N–C) groups is 1. The lowest BCUT2D eigenvalue weighted by Gasteiger charge is -2.19. The van der Waals surface area contributed by atoms with E-state index in [0.29, 0.717) is 23.6 Å². The molecule has 0 unspecified atom stereocenters. The van der Waals surface area contributed by atoms with Gasteiger partial charge in [-0.05, 0) is 50.2 Å². The van der Waals surface area contributed by atoms with E-state index >= 15 is 0 Å². The lowest BCUT2D eigenvalue weighted by atomic mass is 10.0. The molecule has 0 spiro atoms. The number of H-pyrrole nitrogens is 1. The van der Waals surface area contributed by atoms with Crippen LogP contribution in [0.5, 0.6) is 5.88 Å². The molecule has 1 aliphatic rings. The number of para-hydroxylation sites is 1. The molecule has 2 aromatic carbocycles. The predicted molar refractivity (Wildman–Crippen MR) is 130 cm³/mol. The zero-order chi connectivity index (χ0) is 21.8. The van der Waals surface area contributed by atoms with Crippen molar-refractivity contribution in [3.63, 3.8) is 0 Å². The Hall–Kier alpha value is -2.64. The van der Waals surface area contributed by atoms with Crippen molar-refractivity contribution in [3.05, 3.63) is 58.1 Å². The van der Waals surface area contributed by atoms with Crippen molar-refractivity contribution in [3.8, 4) is 5.88 Å². The number of aromatic amines is 1. The van der Waals surface area contributed by atoms with Crippen LogP contribution in [0.3, 0.4) is 0 Å². The van der Waals surface area contributed by atoms with Gasteiger partial charge < -0.3 is 14.9 Å². The Labute approximate surface area is 190 Å². The van der Waals surface area contributed by atoms with E-state index in [1.54, 1.807) is 0 Å². The molecule has 0 fully saturated rings. The zero-order valence-corrected chi connectivity index (χ0v) is 19.4. The van der Waals surface area contributed by atoms with Crippen molar-refractivity contribution >= 4 is 43.9 Å². The van der Waals surface area contributed by atoms with E-state index in [1.165, 1.54) is 0 Å². The van der Waals surface area contributed by atoms with Gasteiger partial charge in [-0.2, -0.15) is 0 Å². The van der Waals surface area contributed by atoms with Crippen LogP contribution in [0.15, 0.2) is 57.1 Å². The number of nitrogens with one attached hydrogen (secondary N) is 1. The van der Waals surface area contributed by atoms with Crippen molar-refractivity contribution < 1.29 is 9.94 Å². The predicted octanol–water partition coefficient (Wildman–Crippen LogP) is 5.61. The Morgan fingerprint density at radius 3 is 2.65 bits per heavy atom. The van der Waals surface area contributed by atoms with Gasteiger partial charge in [0.15, 0.2) is 5.88 Å². The van der Waals surface area contributed by atoms with Crippen LogP contribution in [0, 0.1) is 0 Å². The number of halogens is 1. The third kappa shape index (κ3) is 4.52. The van der Waals surface area contributed by atoms with E-state index in [4.69, 9.17) is 9.83 Å². The second kappa shape index (κ2) is 9.66. The topological polar surface area (TPSA) is 73.2 Å². The van der Waals surface area contributed by atoms with E-state index in [-0.39, 0.29) is 5.88 Å². The van der Waals surface area contributed by atoms with E-state index in [0.717, 1.165) is 59.1 Å². The third-order valence-corrected chi connectivity index (χ3v) is 5.82. The van der Waals surface area contributed by atoms with Gasteiger partial charge in [0, 0.05) is 27.5 Å². The van der Waals surface area contributed by atoms with Crippen molar-refractivity contribution in [2.24, 2.45) is 10.1 Å². The zero-order valence-electron chi connectivity index (χ0n) is 17.9. The Morgan fingerprint density at radius 1 is 1.10 bits per heavy atom. The molecule has 31 heavy (non-hydrogen) atoms. The monoisotopic (exact) mass is 482 g/mol. The highest BCUT2D eigenvalue weighted by Crippen LogP contribution is 2.36. The summed E-state index contributed by atoms with van der Waals surface area (Å²) in [6.07, 6.45) is 2.24. The summed E-state index contributed by atoms with van der Waals surface area (Å²) in [6, 6.07) is 13.7. The van der Waals surface area contributed by atoms with Gasteiger partial charge in [0.2, 0.25) is 0 Å². The minimum Gasteiger partial charge on any atom is -0.494 e. The lowest BCUT2D eigenvalue weighted by Crippen LogP contribution is -2.29. The van der Waals surface area contributed by atoms with Gasteiger partial charge in [-0.3, -0.25) is 4.90 Å². The summed E-state index contributed by atoms with van der Waals surface area (Å²) >= 11 is 3.52. The van der Waals surface area contributed by atoms with E-state index in [1.807, 2.05) is 42.5 Å². The van der Waals surface area contributed by atoms with Crippen LogP contribution in [0.4, 0.5) is 5.69 Å². The molecule has 3 aromatic rings. The first-order valence-electron chi connectivity index (χ1n) is 10.7. The maximum absolute atomic E-state index is 10.7. The highest BCUT2D eigenvalue weighted by Gasteiger charge is 2.29. The highest BCUT2D eigenvalue weighted by molar-refractivity contribution is 9.10. The van der Waals surface area contributed by atoms with E-state index in [9.17, 15) is 5.11 Å². The molecule has 4 rings (SSSR count). The number of aromatic nitrogens is 1. The van der Waals surface area contributed by atoms with Crippen LogP contribution >= 0.6 is 15.9 Å². The molecule has 0 aliphatic carbocycles. The van der Waals surface area contributed by atoms with E-state index in [2.05, 4.69) is 44.8 Å². The molecule has 1 aromatic heterocycles. The van der Waals surface area contributed by atoms with Crippen LogP contribution in [0.25, 0.3) is 10.9 Å². The van der Waals surface area contributed by atoms with Gasteiger partial charge in [-0.15, -0.1) is 0 Å². The van der Waals surface area contributed by atoms with Gasteiger partial charge in [-0.1, -0.05) is 53.1 Å². The fourth-order valence-corrected chi connectivity index (χ4v) is 4.34. The minimum absolute atomic E-state index is 0.0735. The van der Waals surface area contributed by atoms with Gasteiger partial charge in [0.05, 0.1) is 11.3 Å². The molecule has 0 radical (unpaired) electrons. The first-order chi connectivity index (χ1) is 15.1. The standard InChI is InChI=1S/C24H27BrN4O2/c1-3-11-29(12-4-2)13-14-31-28-22-17-7-5-6-8-19(17)26-23(22)21-18-15-16(25)9-10-20(18)27-24(21)30/h5-10,15,27,30H,3-4,11-14H2,1-2H3/b28-22+. The van der Waals surface area contributed by atoms with Gasteiger partial charge in [0.1, 0.15) is 18.0 Å². The summed E-state index contributed by atoms with van der Waals surface area (Å²) in [7, 11) is 0. The average Bonchev–Trinajstić information content (AvgIpc) is 3.27. The molecule has 0 saturated heterocycles. The molecular weight excluding hydrogens is 456 g/mol. The van der Waals surface area contributed by atoms with Gasteiger partial charge in [-0.25, -0.2) is 4.99 Å². The van der Waals surface area contributed by atoms with Crippen molar-refractivity contribution in [2.75, 3.05) is 26.2 Å². The molecule has 0 bridgehead atoms. The normalized spacial score (nSPS) is 14.5. The number of benzene rings is 2. The van der Waals surface area contributed by atoms with E-state index < -0.39 is 0 Å². The van der Waals surface area contributed by atoms with Crippen LogP contribution in [-0.4, -0.2) is 52.7 Å². The highest BCUT2D eigenvalue weighted by atomic mass is 79.9. The Bertz CT molecular complexity index is 1130. The second-order valence-electron chi connectivity index (χ2n) is 7.63. The average molecular weight is 483 g/mol. The summed E-state index contributed by atoms with van der Waals surface area (Å²) < 4.78 is 0.929. The summed E-state index contributed by atoms with van der Waals surface area (Å²) in [4.78, 5) is 16.0. The minimum atomic E-state index is 0.0735. The largest absolute Gasteiger partial charge is 0.494 e. The lowest BCUT2D eigenvalue weighted by molar-refractivity contribution is 0.111. The number of hydrogen-bond acceptors (Lipinski definition) is 5. The summed E-state index contributed by atoms with van der Waals surface area (Å²) in [5.74, 6) is 0.0735. The van der Waals surface area contributed by atoms with Crippen LogP contribution in [0.1, 0.15) is 37.8 Å². The number of fused-ring (bicyclic) bond motifs is 2. The number of nitrogens with zero attached hydrogens (tertiary/aromatic N) is 3. The number of aromatic hydroxyl groups is 1. The molecule has 0 amide bonds.